The van der Waals surface area contributed by atoms with Gasteiger partial charge >= 0.3 is 0 Å². The molecule has 0 aliphatic heterocycles. The van der Waals surface area contributed by atoms with Gasteiger partial charge in [-0.1, -0.05) is 23.4 Å². The van der Waals surface area contributed by atoms with E-state index in [1.54, 1.807) is 7.05 Å². The lowest BCUT2D eigenvalue weighted by atomic mass is 10.2. The van der Waals surface area contributed by atoms with Crippen LogP contribution in [0.25, 0.3) is 11.0 Å². The van der Waals surface area contributed by atoms with E-state index in [4.69, 9.17) is 13.7 Å². The second-order valence-electron chi connectivity index (χ2n) is 6.12. The van der Waals surface area contributed by atoms with Crippen LogP contribution < -0.4 is 10.6 Å². The van der Waals surface area contributed by atoms with Gasteiger partial charge in [0.2, 0.25) is 5.89 Å². The van der Waals surface area contributed by atoms with E-state index >= 15 is 0 Å². The lowest BCUT2D eigenvalue weighted by molar-refractivity contribution is 0.0683. The Balaban J connectivity index is 0.00000280. The molecule has 0 amide bonds. The van der Waals surface area contributed by atoms with Gasteiger partial charge in [0.15, 0.2) is 11.8 Å². The molecule has 0 spiro atoms. The van der Waals surface area contributed by atoms with Gasteiger partial charge < -0.3 is 24.3 Å². The molecule has 3 rings (SSSR count). The molecule has 9 heteroatoms. The highest BCUT2D eigenvalue weighted by atomic mass is 127. The number of ether oxygens (including phenoxy) is 1. The summed E-state index contributed by atoms with van der Waals surface area (Å²) in [7, 11) is 1.71. The van der Waals surface area contributed by atoms with Crippen molar-refractivity contribution in [1.82, 2.24) is 20.8 Å². The minimum absolute atomic E-state index is 0. The summed E-state index contributed by atoms with van der Waals surface area (Å²) in [6, 6.07) is 9.90. The standard InChI is InChI=1S/C19H25N5O3.HI/c1-5-25-13(3)18-23-17(27-24-18)11-21-19(20-4)22-12(2)16-10-14-8-6-7-9-15(14)26-16;/h6-10,12-13H,5,11H2,1-4H3,(H2,20,21,22);1H. The SMILES string of the molecule is CCOC(C)c1noc(CNC(=NC)NC(C)c2cc3ccccc3o2)n1.I. The normalized spacial score (nSPS) is 13.8. The van der Waals surface area contributed by atoms with Gasteiger partial charge in [-0.05, 0) is 32.9 Å². The summed E-state index contributed by atoms with van der Waals surface area (Å²) in [6.45, 7) is 6.79. The summed E-state index contributed by atoms with van der Waals surface area (Å²) in [5, 5.41) is 11.5. The van der Waals surface area contributed by atoms with Crippen LogP contribution in [0.4, 0.5) is 0 Å². The van der Waals surface area contributed by atoms with E-state index in [1.807, 2.05) is 51.1 Å². The summed E-state index contributed by atoms with van der Waals surface area (Å²) < 4.78 is 16.6. The van der Waals surface area contributed by atoms with Crippen molar-refractivity contribution >= 4 is 40.9 Å². The van der Waals surface area contributed by atoms with E-state index < -0.39 is 0 Å². The molecular weight excluding hydrogens is 473 g/mol. The third-order valence-electron chi connectivity index (χ3n) is 4.12. The second kappa shape index (κ2) is 10.4. The van der Waals surface area contributed by atoms with E-state index in [0.717, 1.165) is 16.7 Å². The molecule has 2 heterocycles. The number of hydrogen-bond donors (Lipinski definition) is 2. The Hall–Kier alpha value is -2.14. The molecule has 0 saturated carbocycles. The summed E-state index contributed by atoms with van der Waals surface area (Å²) in [6.07, 6.45) is -0.196. The Morgan fingerprint density at radius 3 is 2.79 bits per heavy atom. The van der Waals surface area contributed by atoms with Crippen LogP contribution in [0.15, 0.2) is 44.3 Å². The largest absolute Gasteiger partial charge is 0.459 e. The molecule has 0 saturated heterocycles. The van der Waals surface area contributed by atoms with Crippen molar-refractivity contribution in [2.45, 2.75) is 39.5 Å². The van der Waals surface area contributed by atoms with Gasteiger partial charge in [0.25, 0.3) is 0 Å². The third kappa shape index (κ3) is 5.44. The topological polar surface area (TPSA) is 97.7 Å². The Labute approximate surface area is 181 Å². The van der Waals surface area contributed by atoms with E-state index in [-0.39, 0.29) is 36.1 Å². The van der Waals surface area contributed by atoms with Gasteiger partial charge in [-0.25, -0.2) is 0 Å². The molecule has 2 N–H and O–H groups in total. The Kier molecular flexibility index (Phi) is 8.24. The molecule has 2 atom stereocenters. The van der Waals surface area contributed by atoms with Crippen molar-refractivity contribution in [2.24, 2.45) is 4.99 Å². The van der Waals surface area contributed by atoms with Gasteiger partial charge in [-0.2, -0.15) is 4.98 Å². The predicted molar refractivity (Wildman–Crippen MR) is 118 cm³/mol. The summed E-state index contributed by atoms with van der Waals surface area (Å²) in [4.78, 5) is 8.57. The van der Waals surface area contributed by atoms with Crippen LogP contribution in [-0.2, 0) is 11.3 Å². The van der Waals surface area contributed by atoms with E-state index in [1.165, 1.54) is 0 Å². The van der Waals surface area contributed by atoms with Gasteiger partial charge in [0.05, 0.1) is 12.6 Å². The number of furan rings is 1. The molecule has 0 aliphatic rings. The van der Waals surface area contributed by atoms with Crippen molar-refractivity contribution in [3.05, 3.63) is 47.8 Å². The van der Waals surface area contributed by atoms with Crippen LogP contribution in [0.1, 0.15) is 50.4 Å². The van der Waals surface area contributed by atoms with Gasteiger partial charge in [-0.15, -0.1) is 24.0 Å². The fourth-order valence-corrected chi connectivity index (χ4v) is 2.68. The first-order valence-corrected chi connectivity index (χ1v) is 9.00. The molecule has 152 valence electrons. The van der Waals surface area contributed by atoms with Crippen LogP contribution in [-0.4, -0.2) is 29.8 Å². The van der Waals surface area contributed by atoms with Crippen molar-refractivity contribution in [3.63, 3.8) is 0 Å². The molecular formula is C19H26IN5O3. The zero-order valence-electron chi connectivity index (χ0n) is 16.4. The quantitative estimate of drug-likeness (QED) is 0.289. The highest BCUT2D eigenvalue weighted by Gasteiger charge is 2.16. The first-order valence-electron chi connectivity index (χ1n) is 9.00. The molecule has 0 radical (unpaired) electrons. The number of nitrogens with zero attached hydrogens (tertiary/aromatic N) is 3. The molecule has 28 heavy (non-hydrogen) atoms. The molecule has 0 bridgehead atoms. The summed E-state index contributed by atoms with van der Waals surface area (Å²) in [5.41, 5.74) is 0.867. The van der Waals surface area contributed by atoms with Crippen LogP contribution in [0, 0.1) is 0 Å². The lowest BCUT2D eigenvalue weighted by Gasteiger charge is -2.15. The minimum Gasteiger partial charge on any atom is -0.459 e. The van der Waals surface area contributed by atoms with E-state index in [2.05, 4.69) is 25.8 Å². The average Bonchev–Trinajstić information content (AvgIpc) is 3.32. The van der Waals surface area contributed by atoms with Crippen molar-refractivity contribution < 1.29 is 13.7 Å². The Morgan fingerprint density at radius 2 is 2.07 bits per heavy atom. The average molecular weight is 499 g/mol. The van der Waals surface area contributed by atoms with Crippen LogP contribution >= 0.6 is 24.0 Å². The molecule has 1 aromatic carbocycles. The number of aliphatic imine (C=N–C) groups is 1. The number of hydrogen-bond acceptors (Lipinski definition) is 6. The molecule has 0 fully saturated rings. The fraction of sp³-hybridized carbons (Fsp3) is 0.421. The first kappa shape index (κ1) is 22.2. The maximum absolute atomic E-state index is 5.89. The number of aromatic nitrogens is 2. The second-order valence-corrected chi connectivity index (χ2v) is 6.12. The maximum atomic E-state index is 5.89. The zero-order chi connectivity index (χ0) is 19.2. The molecule has 2 aromatic heterocycles. The lowest BCUT2D eigenvalue weighted by Crippen LogP contribution is -2.38. The van der Waals surface area contributed by atoms with Crippen molar-refractivity contribution in [1.29, 1.82) is 0 Å². The van der Waals surface area contributed by atoms with Crippen LogP contribution in [0.2, 0.25) is 0 Å². The molecule has 2 unspecified atom stereocenters. The third-order valence-corrected chi connectivity index (χ3v) is 4.12. The molecule has 8 nitrogen and oxygen atoms in total. The van der Waals surface area contributed by atoms with E-state index in [9.17, 15) is 0 Å². The minimum atomic E-state index is -0.196. The Bertz CT molecular complexity index is 875. The number of guanidine groups is 1. The molecule has 0 aliphatic carbocycles. The number of nitrogens with one attached hydrogen (secondary N) is 2. The van der Waals surface area contributed by atoms with Gasteiger partial charge in [0.1, 0.15) is 17.4 Å². The summed E-state index contributed by atoms with van der Waals surface area (Å²) >= 11 is 0. The molecule has 3 aromatic rings. The van der Waals surface area contributed by atoms with Gasteiger partial charge in [-0.3, -0.25) is 4.99 Å². The number of fused-ring (bicyclic) bond motifs is 1. The van der Waals surface area contributed by atoms with Crippen molar-refractivity contribution in [2.75, 3.05) is 13.7 Å². The smallest absolute Gasteiger partial charge is 0.246 e. The zero-order valence-corrected chi connectivity index (χ0v) is 18.8. The summed E-state index contributed by atoms with van der Waals surface area (Å²) in [5.74, 6) is 2.45. The Morgan fingerprint density at radius 1 is 1.29 bits per heavy atom. The van der Waals surface area contributed by atoms with Crippen LogP contribution in [0.5, 0.6) is 0 Å². The van der Waals surface area contributed by atoms with Crippen LogP contribution in [0.3, 0.4) is 0 Å². The van der Waals surface area contributed by atoms with Gasteiger partial charge in [0, 0.05) is 19.0 Å². The highest BCUT2D eigenvalue weighted by molar-refractivity contribution is 14.0. The number of para-hydroxylation sites is 1. The highest BCUT2D eigenvalue weighted by Crippen LogP contribution is 2.23. The first-order chi connectivity index (χ1) is 13.1. The van der Waals surface area contributed by atoms with E-state index in [0.29, 0.717) is 30.8 Å². The monoisotopic (exact) mass is 499 g/mol. The fourth-order valence-electron chi connectivity index (χ4n) is 2.68. The number of halogens is 1. The predicted octanol–water partition coefficient (Wildman–Crippen LogP) is 3.96. The van der Waals surface area contributed by atoms with Crippen molar-refractivity contribution in [3.8, 4) is 0 Å². The number of benzene rings is 1. The maximum Gasteiger partial charge on any atom is 0.246 e. The number of rotatable bonds is 7.